The van der Waals surface area contributed by atoms with Gasteiger partial charge in [0.2, 0.25) is 11.8 Å². The molecule has 0 radical (unpaired) electrons. The molecule has 2 heterocycles. The van der Waals surface area contributed by atoms with E-state index in [1.54, 1.807) is 11.3 Å². The van der Waals surface area contributed by atoms with Gasteiger partial charge in [-0.1, -0.05) is 13.8 Å². The molecule has 0 bridgehead atoms. The fraction of sp³-hybridized carbons (Fsp3) is 0.467. The monoisotopic (exact) mass is 335 g/mol. The van der Waals surface area contributed by atoms with Crippen molar-refractivity contribution in [3.05, 3.63) is 17.8 Å². The molecule has 23 heavy (non-hydrogen) atoms. The van der Waals surface area contributed by atoms with Gasteiger partial charge in [0, 0.05) is 20.0 Å². The number of anilines is 1. The zero-order valence-corrected chi connectivity index (χ0v) is 14.2. The van der Waals surface area contributed by atoms with Crippen molar-refractivity contribution in [3.8, 4) is 0 Å². The van der Waals surface area contributed by atoms with Crippen LogP contribution in [0.2, 0.25) is 0 Å². The molecule has 2 rings (SSSR count). The molecule has 124 valence electrons. The highest BCUT2D eigenvalue weighted by molar-refractivity contribution is 7.16. The van der Waals surface area contributed by atoms with Gasteiger partial charge in [-0.15, -0.1) is 11.3 Å². The third kappa shape index (κ3) is 4.62. The smallest absolute Gasteiger partial charge is 0.242 e. The quantitative estimate of drug-likeness (QED) is 0.664. The van der Waals surface area contributed by atoms with Crippen molar-refractivity contribution in [1.82, 2.24) is 20.6 Å². The molecular formula is C15H21N5O2S. The Morgan fingerprint density at radius 2 is 2.04 bits per heavy atom. The normalized spacial score (nSPS) is 12.2. The Hall–Kier alpha value is -2.22. The molecular weight excluding hydrogens is 314 g/mol. The number of nitrogens with one attached hydrogen (secondary N) is 3. The van der Waals surface area contributed by atoms with Crippen LogP contribution in [0.25, 0.3) is 10.2 Å². The lowest BCUT2D eigenvalue weighted by Gasteiger charge is -2.21. The van der Waals surface area contributed by atoms with Crippen LogP contribution in [0.4, 0.5) is 5.82 Å². The van der Waals surface area contributed by atoms with Crippen LogP contribution in [-0.4, -0.2) is 40.9 Å². The predicted octanol–water partition coefficient (Wildman–Crippen LogP) is 1.38. The minimum absolute atomic E-state index is 0.0270. The van der Waals surface area contributed by atoms with Crippen molar-refractivity contribution in [2.45, 2.75) is 26.8 Å². The lowest BCUT2D eigenvalue weighted by atomic mass is 10.0. The largest absolute Gasteiger partial charge is 0.368 e. The SMILES string of the molecule is CC(=O)N[C@H](C(=O)NCCNc1ncnc2sccc12)C(C)C. The molecule has 2 aromatic rings. The van der Waals surface area contributed by atoms with Crippen molar-refractivity contribution < 1.29 is 9.59 Å². The van der Waals surface area contributed by atoms with Crippen molar-refractivity contribution in [2.75, 3.05) is 18.4 Å². The highest BCUT2D eigenvalue weighted by Gasteiger charge is 2.22. The molecule has 0 aliphatic heterocycles. The number of carbonyl (C=O) groups is 2. The van der Waals surface area contributed by atoms with Crippen molar-refractivity contribution in [3.63, 3.8) is 0 Å². The molecule has 2 amide bonds. The Morgan fingerprint density at radius 1 is 1.26 bits per heavy atom. The van der Waals surface area contributed by atoms with Gasteiger partial charge in [0.15, 0.2) is 0 Å². The Balaban J connectivity index is 1.83. The van der Waals surface area contributed by atoms with Crippen molar-refractivity contribution in [2.24, 2.45) is 5.92 Å². The molecule has 3 N–H and O–H groups in total. The van der Waals surface area contributed by atoms with E-state index in [0.717, 1.165) is 16.0 Å². The van der Waals surface area contributed by atoms with Gasteiger partial charge >= 0.3 is 0 Å². The molecule has 0 spiro atoms. The number of rotatable bonds is 7. The summed E-state index contributed by atoms with van der Waals surface area (Å²) in [6.07, 6.45) is 1.52. The summed E-state index contributed by atoms with van der Waals surface area (Å²) in [7, 11) is 0. The summed E-state index contributed by atoms with van der Waals surface area (Å²) in [4.78, 5) is 32.6. The lowest BCUT2D eigenvalue weighted by Crippen LogP contribution is -2.49. The third-order valence-electron chi connectivity index (χ3n) is 3.29. The molecule has 0 fully saturated rings. The molecule has 0 saturated heterocycles. The average Bonchev–Trinajstić information content (AvgIpc) is 2.97. The van der Waals surface area contributed by atoms with Gasteiger partial charge in [-0.05, 0) is 17.4 Å². The van der Waals surface area contributed by atoms with E-state index in [9.17, 15) is 9.59 Å². The second-order valence-corrected chi connectivity index (χ2v) is 6.40. The number of amides is 2. The predicted molar refractivity (Wildman–Crippen MR) is 91.4 cm³/mol. The molecule has 8 heteroatoms. The van der Waals surface area contributed by atoms with Crippen molar-refractivity contribution >= 4 is 39.2 Å². The van der Waals surface area contributed by atoms with Crippen LogP contribution in [0.5, 0.6) is 0 Å². The highest BCUT2D eigenvalue weighted by atomic mass is 32.1. The first-order valence-electron chi connectivity index (χ1n) is 7.46. The highest BCUT2D eigenvalue weighted by Crippen LogP contribution is 2.23. The van der Waals surface area contributed by atoms with E-state index in [1.807, 2.05) is 25.3 Å². The Kier molecular flexibility index (Phi) is 5.86. The zero-order chi connectivity index (χ0) is 16.8. The standard InChI is InChI=1S/C15H21N5O2S/c1-9(2)12(20-10(3)21)14(22)17-6-5-16-13-11-4-7-23-15(11)19-8-18-13/h4,7-9,12H,5-6H2,1-3H3,(H,17,22)(H,20,21)(H,16,18,19)/t12-/m0/s1. The summed E-state index contributed by atoms with van der Waals surface area (Å²) in [5.41, 5.74) is 0. The molecule has 7 nitrogen and oxygen atoms in total. The summed E-state index contributed by atoms with van der Waals surface area (Å²) in [6.45, 7) is 6.18. The van der Waals surface area contributed by atoms with Crippen LogP contribution in [0.1, 0.15) is 20.8 Å². The minimum Gasteiger partial charge on any atom is -0.368 e. The summed E-state index contributed by atoms with van der Waals surface area (Å²) >= 11 is 1.56. The van der Waals surface area contributed by atoms with Crippen LogP contribution in [-0.2, 0) is 9.59 Å². The first-order valence-corrected chi connectivity index (χ1v) is 8.34. The van der Waals surface area contributed by atoms with Crippen LogP contribution in [0, 0.1) is 5.92 Å². The zero-order valence-electron chi connectivity index (χ0n) is 13.4. The summed E-state index contributed by atoms with van der Waals surface area (Å²) in [5.74, 6) is 0.394. The minimum atomic E-state index is -0.518. The number of nitrogens with zero attached hydrogens (tertiary/aromatic N) is 2. The fourth-order valence-electron chi connectivity index (χ4n) is 2.16. The summed E-state index contributed by atoms with van der Waals surface area (Å²) in [6, 6.07) is 1.45. The van der Waals surface area contributed by atoms with E-state index in [4.69, 9.17) is 0 Å². The summed E-state index contributed by atoms with van der Waals surface area (Å²) in [5, 5.41) is 11.6. The number of carbonyl (C=O) groups excluding carboxylic acids is 2. The van der Waals surface area contributed by atoms with Crippen LogP contribution in [0.15, 0.2) is 17.8 Å². The number of hydrogen-bond donors (Lipinski definition) is 3. The maximum absolute atomic E-state index is 12.1. The first kappa shape index (κ1) is 17.1. The lowest BCUT2D eigenvalue weighted by molar-refractivity contribution is -0.129. The van der Waals surface area contributed by atoms with Gasteiger partial charge in [-0.25, -0.2) is 9.97 Å². The van der Waals surface area contributed by atoms with Gasteiger partial charge in [0.05, 0.1) is 5.39 Å². The van der Waals surface area contributed by atoms with Gasteiger partial charge in [-0.2, -0.15) is 0 Å². The maximum Gasteiger partial charge on any atom is 0.242 e. The number of fused-ring (bicyclic) bond motifs is 1. The fourth-order valence-corrected chi connectivity index (χ4v) is 2.89. The molecule has 0 aliphatic carbocycles. The second kappa shape index (κ2) is 7.87. The van der Waals surface area contributed by atoms with Gasteiger partial charge in [0.25, 0.3) is 0 Å². The Bertz CT molecular complexity index is 685. The third-order valence-corrected chi connectivity index (χ3v) is 4.11. The number of aromatic nitrogens is 2. The van der Waals surface area contributed by atoms with Crippen LogP contribution >= 0.6 is 11.3 Å². The van der Waals surface area contributed by atoms with E-state index in [1.165, 1.54) is 13.3 Å². The Morgan fingerprint density at radius 3 is 2.74 bits per heavy atom. The van der Waals surface area contributed by atoms with E-state index >= 15 is 0 Å². The van der Waals surface area contributed by atoms with E-state index in [0.29, 0.717) is 13.1 Å². The molecule has 2 aromatic heterocycles. The second-order valence-electron chi connectivity index (χ2n) is 5.50. The van der Waals surface area contributed by atoms with Crippen LogP contribution < -0.4 is 16.0 Å². The number of thiophene rings is 1. The molecule has 0 aliphatic rings. The first-order chi connectivity index (χ1) is 11.0. The van der Waals surface area contributed by atoms with Crippen LogP contribution in [0.3, 0.4) is 0 Å². The topological polar surface area (TPSA) is 96.0 Å². The van der Waals surface area contributed by atoms with E-state index in [-0.39, 0.29) is 17.7 Å². The van der Waals surface area contributed by atoms with Gasteiger partial charge in [-0.3, -0.25) is 9.59 Å². The Labute approximate surface area is 138 Å². The molecule has 0 unspecified atom stereocenters. The van der Waals surface area contributed by atoms with Crippen molar-refractivity contribution in [1.29, 1.82) is 0 Å². The number of hydrogen-bond acceptors (Lipinski definition) is 6. The average molecular weight is 335 g/mol. The molecule has 0 saturated carbocycles. The molecule has 0 aromatic carbocycles. The summed E-state index contributed by atoms with van der Waals surface area (Å²) < 4.78 is 0. The van der Waals surface area contributed by atoms with Gasteiger partial charge < -0.3 is 16.0 Å². The van der Waals surface area contributed by atoms with E-state index in [2.05, 4.69) is 25.9 Å². The maximum atomic E-state index is 12.1. The van der Waals surface area contributed by atoms with E-state index < -0.39 is 6.04 Å². The molecule has 1 atom stereocenters. The van der Waals surface area contributed by atoms with Gasteiger partial charge in [0.1, 0.15) is 23.0 Å².